The van der Waals surface area contributed by atoms with Gasteiger partial charge in [-0.3, -0.25) is 4.57 Å². The Labute approximate surface area is 147 Å². The largest absolute Gasteiger partial charge is 0.285 e. The number of hydrogen-bond acceptors (Lipinski definition) is 4. The molecule has 3 aromatic heterocycles. The van der Waals surface area contributed by atoms with Crippen LogP contribution in [0.25, 0.3) is 28.0 Å². The predicted octanol–water partition coefficient (Wildman–Crippen LogP) is 4.15. The van der Waals surface area contributed by atoms with E-state index in [4.69, 9.17) is 16.9 Å². The molecule has 0 spiro atoms. The van der Waals surface area contributed by atoms with Crippen molar-refractivity contribution >= 4 is 22.6 Å². The van der Waals surface area contributed by atoms with Gasteiger partial charge in [-0.1, -0.05) is 29.8 Å². The molecule has 0 saturated heterocycles. The van der Waals surface area contributed by atoms with E-state index in [1.54, 1.807) is 41.1 Å². The fourth-order valence-corrected chi connectivity index (χ4v) is 2.93. The van der Waals surface area contributed by atoms with E-state index >= 15 is 0 Å². The Morgan fingerprint density at radius 1 is 1.08 bits per heavy atom. The minimum Gasteiger partial charge on any atom is -0.285 e. The lowest BCUT2D eigenvalue weighted by atomic mass is 10.1. The van der Waals surface area contributed by atoms with Gasteiger partial charge in [-0.15, -0.1) is 0 Å². The Morgan fingerprint density at radius 2 is 1.92 bits per heavy atom. The zero-order valence-corrected chi connectivity index (χ0v) is 13.4. The molecule has 120 valence electrons. The molecule has 1 aromatic carbocycles. The maximum Gasteiger partial charge on any atom is 0.151 e. The maximum atomic E-state index is 14.3. The highest BCUT2D eigenvalue weighted by Gasteiger charge is 2.19. The summed E-state index contributed by atoms with van der Waals surface area (Å²) >= 11 is 6.26. The molecule has 4 aromatic rings. The summed E-state index contributed by atoms with van der Waals surface area (Å²) < 4.78 is 16.0. The monoisotopic (exact) mass is 349 g/mol. The van der Waals surface area contributed by atoms with Gasteiger partial charge < -0.3 is 0 Å². The van der Waals surface area contributed by atoms with Crippen molar-refractivity contribution in [3.05, 3.63) is 71.7 Å². The summed E-state index contributed by atoms with van der Waals surface area (Å²) in [5.41, 5.74) is 1.89. The van der Waals surface area contributed by atoms with Gasteiger partial charge in [0.2, 0.25) is 0 Å². The lowest BCUT2D eigenvalue weighted by Crippen LogP contribution is -1.97. The third-order valence-corrected chi connectivity index (χ3v) is 4.11. The molecule has 0 aliphatic heterocycles. The van der Waals surface area contributed by atoms with Crippen molar-refractivity contribution in [2.75, 3.05) is 0 Å². The van der Waals surface area contributed by atoms with Crippen LogP contribution in [0.2, 0.25) is 5.15 Å². The first-order chi connectivity index (χ1) is 12.2. The van der Waals surface area contributed by atoms with E-state index < -0.39 is 0 Å². The molecule has 0 N–H and O–H groups in total. The Hall–Kier alpha value is -3.30. The number of hydrogen-bond donors (Lipinski definition) is 0. The van der Waals surface area contributed by atoms with Crippen LogP contribution in [0, 0.1) is 17.1 Å². The Morgan fingerprint density at radius 3 is 2.72 bits per heavy atom. The average molecular weight is 350 g/mol. The Balaban J connectivity index is 2.06. The van der Waals surface area contributed by atoms with Crippen LogP contribution in [0.15, 0.2) is 55.1 Å². The third kappa shape index (κ3) is 2.51. The molecule has 4 rings (SSSR count). The van der Waals surface area contributed by atoms with Crippen LogP contribution >= 0.6 is 11.6 Å². The molecule has 0 bridgehead atoms. The van der Waals surface area contributed by atoms with Crippen LogP contribution in [0.3, 0.4) is 0 Å². The summed E-state index contributed by atoms with van der Waals surface area (Å²) in [5, 5.41) is 9.85. The van der Waals surface area contributed by atoms with Crippen molar-refractivity contribution < 1.29 is 4.39 Å². The summed E-state index contributed by atoms with van der Waals surface area (Å²) in [6.07, 6.45) is 4.57. The van der Waals surface area contributed by atoms with Crippen LogP contribution in [0.1, 0.15) is 5.56 Å². The van der Waals surface area contributed by atoms with Gasteiger partial charge in [0.25, 0.3) is 0 Å². The molecule has 7 heteroatoms. The van der Waals surface area contributed by atoms with E-state index in [0.29, 0.717) is 33.5 Å². The van der Waals surface area contributed by atoms with Gasteiger partial charge in [0.05, 0.1) is 17.0 Å². The quantitative estimate of drug-likeness (QED) is 0.510. The topological polar surface area (TPSA) is 67.4 Å². The van der Waals surface area contributed by atoms with Gasteiger partial charge in [0, 0.05) is 23.5 Å². The molecule has 0 radical (unpaired) electrons. The van der Waals surface area contributed by atoms with E-state index in [1.165, 1.54) is 18.6 Å². The van der Waals surface area contributed by atoms with Crippen molar-refractivity contribution in [1.29, 1.82) is 5.26 Å². The SMILES string of the molecule is N#Cc1ccnc(-n2cc(-c3ccccc3F)c3c(Cl)ncnc32)c1. The van der Waals surface area contributed by atoms with Crippen molar-refractivity contribution in [2.24, 2.45) is 0 Å². The fraction of sp³-hybridized carbons (Fsp3) is 0. The van der Waals surface area contributed by atoms with E-state index in [9.17, 15) is 4.39 Å². The van der Waals surface area contributed by atoms with E-state index in [2.05, 4.69) is 21.0 Å². The fourth-order valence-electron chi connectivity index (χ4n) is 2.70. The summed E-state index contributed by atoms with van der Waals surface area (Å²) in [7, 11) is 0. The summed E-state index contributed by atoms with van der Waals surface area (Å²) in [4.78, 5) is 12.6. The lowest BCUT2D eigenvalue weighted by molar-refractivity contribution is 0.631. The predicted molar refractivity (Wildman–Crippen MR) is 91.8 cm³/mol. The number of fused-ring (bicyclic) bond motifs is 1. The summed E-state index contributed by atoms with van der Waals surface area (Å²) in [5.74, 6) is 0.113. The normalized spacial score (nSPS) is 10.8. The molecule has 0 aliphatic rings. The first-order valence-electron chi connectivity index (χ1n) is 7.32. The number of halogens is 2. The van der Waals surface area contributed by atoms with Crippen LogP contribution in [0.5, 0.6) is 0 Å². The van der Waals surface area contributed by atoms with E-state index in [1.807, 2.05) is 0 Å². The van der Waals surface area contributed by atoms with Gasteiger partial charge in [-0.25, -0.2) is 19.3 Å². The van der Waals surface area contributed by atoms with Gasteiger partial charge in [-0.2, -0.15) is 5.26 Å². The molecule has 25 heavy (non-hydrogen) atoms. The molecular weight excluding hydrogens is 341 g/mol. The number of benzene rings is 1. The number of aromatic nitrogens is 4. The number of rotatable bonds is 2. The van der Waals surface area contributed by atoms with Gasteiger partial charge >= 0.3 is 0 Å². The summed E-state index contributed by atoms with van der Waals surface area (Å²) in [6, 6.07) is 11.7. The molecule has 0 saturated carbocycles. The lowest BCUT2D eigenvalue weighted by Gasteiger charge is -2.03. The highest BCUT2D eigenvalue weighted by atomic mass is 35.5. The molecule has 0 fully saturated rings. The van der Waals surface area contributed by atoms with Crippen LogP contribution in [-0.2, 0) is 0 Å². The second-order valence-corrected chi connectivity index (χ2v) is 5.63. The molecule has 0 unspecified atom stereocenters. The zero-order valence-electron chi connectivity index (χ0n) is 12.7. The summed E-state index contributed by atoms with van der Waals surface area (Å²) in [6.45, 7) is 0. The van der Waals surface area contributed by atoms with Gasteiger partial charge in [-0.05, 0) is 18.2 Å². The molecule has 0 aliphatic carbocycles. The molecular formula is C18H9ClFN5. The Kier molecular flexibility index (Phi) is 3.64. The van der Waals surface area contributed by atoms with Crippen LogP contribution < -0.4 is 0 Å². The zero-order chi connectivity index (χ0) is 17.4. The number of nitriles is 1. The number of pyridine rings is 1. The second kappa shape index (κ2) is 5.96. The Bertz CT molecular complexity index is 1150. The maximum absolute atomic E-state index is 14.3. The van der Waals surface area contributed by atoms with Crippen molar-refractivity contribution in [1.82, 2.24) is 19.5 Å². The van der Waals surface area contributed by atoms with Gasteiger partial charge in [0.15, 0.2) is 5.65 Å². The standard InChI is InChI=1S/C18H9ClFN5/c19-17-16-13(12-3-1-2-4-14(12)20)9-25(18(16)24-10-23-17)15-7-11(8-21)5-6-22-15/h1-7,9-10H. The second-order valence-electron chi connectivity index (χ2n) is 5.27. The first kappa shape index (κ1) is 15.2. The average Bonchev–Trinajstić information content (AvgIpc) is 3.03. The minimum atomic E-state index is -0.375. The van der Waals surface area contributed by atoms with Crippen LogP contribution in [-0.4, -0.2) is 19.5 Å². The van der Waals surface area contributed by atoms with Crippen molar-refractivity contribution in [3.63, 3.8) is 0 Å². The third-order valence-electron chi connectivity index (χ3n) is 3.82. The van der Waals surface area contributed by atoms with E-state index in [-0.39, 0.29) is 11.0 Å². The van der Waals surface area contributed by atoms with Crippen molar-refractivity contribution in [2.45, 2.75) is 0 Å². The highest BCUT2D eigenvalue weighted by Crippen LogP contribution is 2.35. The van der Waals surface area contributed by atoms with Gasteiger partial charge in [0.1, 0.15) is 23.1 Å². The smallest absolute Gasteiger partial charge is 0.151 e. The van der Waals surface area contributed by atoms with Crippen molar-refractivity contribution in [3.8, 4) is 23.0 Å². The van der Waals surface area contributed by atoms with E-state index in [0.717, 1.165) is 0 Å². The molecule has 5 nitrogen and oxygen atoms in total. The molecule has 3 heterocycles. The molecule has 0 atom stereocenters. The highest BCUT2D eigenvalue weighted by molar-refractivity contribution is 6.35. The molecule has 0 amide bonds. The first-order valence-corrected chi connectivity index (χ1v) is 7.70. The minimum absolute atomic E-state index is 0.221. The van der Waals surface area contributed by atoms with Crippen LogP contribution in [0.4, 0.5) is 4.39 Å². The number of nitrogens with zero attached hydrogens (tertiary/aromatic N) is 5.